The van der Waals surface area contributed by atoms with Gasteiger partial charge in [0.15, 0.2) is 0 Å². The Morgan fingerprint density at radius 2 is 1.24 bits per heavy atom. The van der Waals surface area contributed by atoms with Crippen LogP contribution in [0.4, 0.5) is 32.3 Å². The zero-order chi connectivity index (χ0) is 26.3. The third kappa shape index (κ3) is 10.7. The SMILES string of the molecule is Cc1ccc(NC(=O)OC(C)(C)C)cc1N.Cc1ccc(NC(=O)OC(C)(C)C)cc1[N+](=O)[O-]. The first-order valence-corrected chi connectivity index (χ1v) is 10.6. The van der Waals surface area contributed by atoms with Gasteiger partial charge in [0.05, 0.1) is 10.6 Å². The number of aryl methyl sites for hydroxylation is 2. The van der Waals surface area contributed by atoms with Crippen molar-refractivity contribution in [2.24, 2.45) is 0 Å². The molecule has 34 heavy (non-hydrogen) atoms. The number of nitrogens with two attached hydrogens (primary N) is 1. The molecule has 0 saturated heterocycles. The molecule has 2 aromatic rings. The van der Waals surface area contributed by atoms with E-state index < -0.39 is 28.3 Å². The van der Waals surface area contributed by atoms with E-state index in [0.717, 1.165) is 5.56 Å². The molecular weight excluding hydrogens is 440 g/mol. The van der Waals surface area contributed by atoms with E-state index in [4.69, 9.17) is 15.2 Å². The van der Waals surface area contributed by atoms with Crippen LogP contribution in [0.15, 0.2) is 36.4 Å². The highest BCUT2D eigenvalue weighted by molar-refractivity contribution is 5.86. The molecule has 10 nitrogen and oxygen atoms in total. The summed E-state index contributed by atoms with van der Waals surface area (Å²) in [4.78, 5) is 33.2. The zero-order valence-corrected chi connectivity index (χ0v) is 20.9. The van der Waals surface area contributed by atoms with Gasteiger partial charge < -0.3 is 15.2 Å². The van der Waals surface area contributed by atoms with Crippen LogP contribution in [0, 0.1) is 24.0 Å². The molecule has 0 aliphatic carbocycles. The summed E-state index contributed by atoms with van der Waals surface area (Å²) in [7, 11) is 0. The molecule has 0 heterocycles. The summed E-state index contributed by atoms with van der Waals surface area (Å²) < 4.78 is 10.2. The molecule has 4 N–H and O–H groups in total. The monoisotopic (exact) mass is 474 g/mol. The van der Waals surface area contributed by atoms with Crippen LogP contribution in [-0.4, -0.2) is 28.3 Å². The topological polar surface area (TPSA) is 146 Å². The van der Waals surface area contributed by atoms with E-state index in [1.807, 2.05) is 33.8 Å². The zero-order valence-electron chi connectivity index (χ0n) is 20.9. The standard InChI is InChI=1S/C12H16N2O4.C12H18N2O2/c1-8-5-6-9(7-10(8)14(16)17)13-11(15)18-12(2,3)4;1-8-5-6-9(7-10(8)13)14-11(15)16-12(2,3)4/h5-7H,1-4H3,(H,13,15);5-7H,13H2,1-4H3,(H,14,15). The van der Waals surface area contributed by atoms with Crippen molar-refractivity contribution in [3.8, 4) is 0 Å². The van der Waals surface area contributed by atoms with Gasteiger partial charge in [0.2, 0.25) is 0 Å². The van der Waals surface area contributed by atoms with Crippen LogP contribution in [0.2, 0.25) is 0 Å². The quantitative estimate of drug-likeness (QED) is 0.274. The highest BCUT2D eigenvalue weighted by Crippen LogP contribution is 2.23. The van der Waals surface area contributed by atoms with E-state index in [0.29, 0.717) is 22.6 Å². The molecular formula is C24H34N4O6. The number of amides is 2. The lowest BCUT2D eigenvalue weighted by molar-refractivity contribution is -0.385. The summed E-state index contributed by atoms with van der Waals surface area (Å²) in [5, 5.41) is 15.8. The first kappa shape index (κ1) is 28.2. The van der Waals surface area contributed by atoms with Gasteiger partial charge >= 0.3 is 12.2 Å². The van der Waals surface area contributed by atoms with Gasteiger partial charge in [-0.25, -0.2) is 9.59 Å². The van der Waals surface area contributed by atoms with Gasteiger partial charge in [-0.2, -0.15) is 0 Å². The Balaban J connectivity index is 0.000000342. The predicted molar refractivity (Wildman–Crippen MR) is 133 cm³/mol. The average molecular weight is 475 g/mol. The highest BCUT2D eigenvalue weighted by atomic mass is 16.6. The van der Waals surface area contributed by atoms with Crippen LogP contribution in [0.3, 0.4) is 0 Å². The third-order valence-electron chi connectivity index (χ3n) is 3.98. The normalized spacial score (nSPS) is 10.9. The molecule has 2 amide bonds. The number of hydrogen-bond donors (Lipinski definition) is 3. The molecule has 186 valence electrons. The van der Waals surface area contributed by atoms with Crippen LogP contribution in [0.5, 0.6) is 0 Å². The maximum absolute atomic E-state index is 11.5. The van der Waals surface area contributed by atoms with Crippen molar-refractivity contribution in [1.29, 1.82) is 0 Å². The number of nitrogens with zero attached hydrogens (tertiary/aromatic N) is 1. The fourth-order valence-electron chi connectivity index (χ4n) is 2.45. The highest BCUT2D eigenvalue weighted by Gasteiger charge is 2.18. The van der Waals surface area contributed by atoms with Gasteiger partial charge in [-0.15, -0.1) is 0 Å². The Hall–Kier alpha value is -3.82. The maximum Gasteiger partial charge on any atom is 0.412 e. The lowest BCUT2D eigenvalue weighted by atomic mass is 10.2. The molecule has 2 rings (SSSR count). The van der Waals surface area contributed by atoms with Crippen LogP contribution >= 0.6 is 0 Å². The molecule has 0 saturated carbocycles. The summed E-state index contributed by atoms with van der Waals surface area (Å²) in [6.07, 6.45) is -1.11. The first-order chi connectivity index (χ1) is 15.5. The van der Waals surface area contributed by atoms with Crippen molar-refractivity contribution < 1.29 is 24.0 Å². The Morgan fingerprint density at radius 3 is 1.62 bits per heavy atom. The third-order valence-corrected chi connectivity index (χ3v) is 3.98. The second-order valence-corrected chi connectivity index (χ2v) is 9.58. The Bertz CT molecular complexity index is 1040. The van der Waals surface area contributed by atoms with E-state index >= 15 is 0 Å². The van der Waals surface area contributed by atoms with Gasteiger partial charge in [-0.1, -0.05) is 12.1 Å². The average Bonchev–Trinajstić information content (AvgIpc) is 2.63. The second-order valence-electron chi connectivity index (χ2n) is 9.58. The van der Waals surface area contributed by atoms with Crippen LogP contribution in [-0.2, 0) is 9.47 Å². The predicted octanol–water partition coefficient (Wildman–Crippen LogP) is 6.17. The number of rotatable bonds is 3. The number of benzene rings is 2. The largest absolute Gasteiger partial charge is 0.444 e. The van der Waals surface area contributed by atoms with E-state index in [1.54, 1.807) is 52.0 Å². The lowest BCUT2D eigenvalue weighted by Gasteiger charge is -2.19. The molecule has 0 unspecified atom stereocenters. The molecule has 0 radical (unpaired) electrons. The number of nitrogen functional groups attached to an aromatic ring is 1. The number of carbonyl (C=O) groups excluding carboxylic acids is 2. The van der Waals surface area contributed by atoms with Crippen molar-refractivity contribution in [2.45, 2.75) is 66.6 Å². The molecule has 0 atom stereocenters. The van der Waals surface area contributed by atoms with E-state index in [-0.39, 0.29) is 5.69 Å². The number of hydrogen-bond acceptors (Lipinski definition) is 7. The Kier molecular flexibility index (Phi) is 9.42. The maximum atomic E-state index is 11.5. The number of carbonyl (C=O) groups is 2. The van der Waals surface area contributed by atoms with E-state index in [2.05, 4.69) is 10.6 Å². The number of nitro groups is 1. The molecule has 0 aromatic heterocycles. The van der Waals surface area contributed by atoms with Crippen molar-refractivity contribution in [3.05, 3.63) is 57.6 Å². The van der Waals surface area contributed by atoms with Gasteiger partial charge in [-0.05, 0) is 79.2 Å². The smallest absolute Gasteiger partial charge is 0.412 e. The van der Waals surface area contributed by atoms with Gasteiger partial charge in [0.1, 0.15) is 11.2 Å². The number of ether oxygens (including phenoxy) is 2. The molecule has 0 spiro atoms. The molecule has 0 bridgehead atoms. The first-order valence-electron chi connectivity index (χ1n) is 10.6. The van der Waals surface area contributed by atoms with Gasteiger partial charge in [0, 0.05) is 23.0 Å². The lowest BCUT2D eigenvalue weighted by Crippen LogP contribution is -2.27. The summed E-state index contributed by atoms with van der Waals surface area (Å²) in [6, 6.07) is 9.81. The van der Waals surface area contributed by atoms with Gasteiger partial charge in [0.25, 0.3) is 5.69 Å². The minimum atomic E-state index is -0.638. The molecule has 10 heteroatoms. The second kappa shape index (κ2) is 11.4. The summed E-state index contributed by atoms with van der Waals surface area (Å²) in [5.74, 6) is 0. The van der Waals surface area contributed by atoms with Crippen LogP contribution in [0.1, 0.15) is 52.7 Å². The summed E-state index contributed by atoms with van der Waals surface area (Å²) in [6.45, 7) is 14.2. The minimum absolute atomic E-state index is 0.0384. The number of nitro benzene ring substituents is 1. The Labute approximate surface area is 200 Å². The van der Waals surface area contributed by atoms with Crippen molar-refractivity contribution in [1.82, 2.24) is 0 Å². The summed E-state index contributed by atoms with van der Waals surface area (Å²) in [5.41, 5.74) is 7.72. The van der Waals surface area contributed by atoms with E-state index in [1.165, 1.54) is 6.07 Å². The Morgan fingerprint density at radius 1 is 0.824 bits per heavy atom. The van der Waals surface area contributed by atoms with Crippen molar-refractivity contribution in [2.75, 3.05) is 16.4 Å². The minimum Gasteiger partial charge on any atom is -0.444 e. The van der Waals surface area contributed by atoms with Gasteiger partial charge in [-0.3, -0.25) is 20.7 Å². The number of anilines is 3. The molecule has 0 fully saturated rings. The summed E-state index contributed by atoms with van der Waals surface area (Å²) >= 11 is 0. The van der Waals surface area contributed by atoms with Crippen LogP contribution in [0.25, 0.3) is 0 Å². The van der Waals surface area contributed by atoms with Crippen molar-refractivity contribution in [3.63, 3.8) is 0 Å². The number of nitrogens with one attached hydrogen (secondary N) is 2. The van der Waals surface area contributed by atoms with Crippen LogP contribution < -0.4 is 16.4 Å². The van der Waals surface area contributed by atoms with E-state index in [9.17, 15) is 19.7 Å². The molecule has 0 aliphatic heterocycles. The fourth-order valence-corrected chi connectivity index (χ4v) is 2.45. The fraction of sp³-hybridized carbons (Fsp3) is 0.417. The molecule has 2 aromatic carbocycles. The van der Waals surface area contributed by atoms with Crippen molar-refractivity contribution >= 4 is 34.9 Å². The molecule has 0 aliphatic rings.